The number of benzene rings is 1. The maximum Gasteiger partial charge on any atom is 0.330 e. The monoisotopic (exact) mass is 322 g/mol. The highest BCUT2D eigenvalue weighted by atomic mass is 19.1. The molecule has 126 valence electrons. The largest absolute Gasteiger partial charge is 0.479 e. The van der Waals surface area contributed by atoms with Crippen LogP contribution in [-0.2, 0) is 9.59 Å². The smallest absolute Gasteiger partial charge is 0.330 e. The number of halogens is 1. The van der Waals surface area contributed by atoms with Crippen molar-refractivity contribution in [2.75, 3.05) is 19.6 Å². The zero-order chi connectivity index (χ0) is 16.7. The second kappa shape index (κ2) is 8.62. The first-order valence-electron chi connectivity index (χ1n) is 8.06. The Labute approximate surface area is 135 Å². The molecule has 1 fully saturated rings. The van der Waals surface area contributed by atoms with Gasteiger partial charge < -0.3 is 15.3 Å². The van der Waals surface area contributed by atoms with Crippen molar-refractivity contribution in [3.8, 4) is 0 Å². The van der Waals surface area contributed by atoms with Crippen molar-refractivity contribution in [2.45, 2.75) is 38.1 Å². The molecular weight excluding hydrogens is 299 g/mol. The summed E-state index contributed by atoms with van der Waals surface area (Å²) in [6.45, 7) is 3.00. The number of carboxylic acid groups (broad SMARTS) is 1. The number of carboxylic acids is 1. The fraction of sp³-hybridized carbons (Fsp3) is 0.529. The molecule has 1 saturated heterocycles. The molecule has 1 atom stereocenters. The van der Waals surface area contributed by atoms with Gasteiger partial charge in [0.1, 0.15) is 5.82 Å². The van der Waals surface area contributed by atoms with Gasteiger partial charge in [0.15, 0.2) is 6.04 Å². The number of aliphatic carboxylic acids is 1. The van der Waals surface area contributed by atoms with Crippen LogP contribution in [0, 0.1) is 5.82 Å². The van der Waals surface area contributed by atoms with E-state index in [2.05, 4.69) is 10.2 Å². The lowest BCUT2D eigenvalue weighted by molar-refractivity contribution is -0.142. The molecular formula is C17H23FN2O3. The van der Waals surface area contributed by atoms with Crippen LogP contribution in [0.3, 0.4) is 0 Å². The maximum atomic E-state index is 13.2. The zero-order valence-corrected chi connectivity index (χ0v) is 13.1. The van der Waals surface area contributed by atoms with Crippen LogP contribution in [-0.4, -0.2) is 41.5 Å². The number of amides is 1. The molecule has 1 amide bonds. The van der Waals surface area contributed by atoms with Gasteiger partial charge in [0.05, 0.1) is 0 Å². The van der Waals surface area contributed by atoms with Crippen molar-refractivity contribution in [1.82, 2.24) is 10.2 Å². The third-order valence-electron chi connectivity index (χ3n) is 4.06. The molecule has 0 aliphatic carbocycles. The minimum atomic E-state index is -1.21. The van der Waals surface area contributed by atoms with E-state index in [0.717, 1.165) is 25.7 Å². The van der Waals surface area contributed by atoms with Gasteiger partial charge in [-0.15, -0.1) is 0 Å². The fourth-order valence-electron chi connectivity index (χ4n) is 2.85. The van der Waals surface area contributed by atoms with Crippen LogP contribution in [0.4, 0.5) is 4.39 Å². The standard InChI is InChI=1S/C17H23FN2O3/c18-14-7-4-6-13(12-14)16(17(22)23)19-15(21)8-5-11-20-9-2-1-3-10-20/h4,6-7,12,16H,1-3,5,8-11H2,(H,19,21)(H,22,23)/t16-/m0/s1. The molecule has 2 N–H and O–H groups in total. The molecule has 0 saturated carbocycles. The molecule has 0 aromatic heterocycles. The number of nitrogens with zero attached hydrogens (tertiary/aromatic N) is 1. The van der Waals surface area contributed by atoms with Gasteiger partial charge in [0.2, 0.25) is 5.91 Å². The van der Waals surface area contributed by atoms with E-state index in [1.165, 1.54) is 37.5 Å². The predicted molar refractivity (Wildman–Crippen MR) is 84.4 cm³/mol. The van der Waals surface area contributed by atoms with E-state index in [9.17, 15) is 19.1 Å². The van der Waals surface area contributed by atoms with Gasteiger partial charge in [-0.2, -0.15) is 0 Å². The van der Waals surface area contributed by atoms with E-state index in [1.54, 1.807) is 0 Å². The van der Waals surface area contributed by atoms with Crippen LogP contribution in [0.5, 0.6) is 0 Å². The number of nitrogens with one attached hydrogen (secondary N) is 1. The summed E-state index contributed by atoms with van der Waals surface area (Å²) in [5.41, 5.74) is 0.238. The van der Waals surface area contributed by atoms with Crippen molar-refractivity contribution in [2.24, 2.45) is 0 Å². The lowest BCUT2D eigenvalue weighted by Crippen LogP contribution is -2.35. The van der Waals surface area contributed by atoms with Gasteiger partial charge in [-0.1, -0.05) is 18.6 Å². The van der Waals surface area contributed by atoms with Crippen molar-refractivity contribution >= 4 is 11.9 Å². The van der Waals surface area contributed by atoms with Crippen molar-refractivity contribution in [3.63, 3.8) is 0 Å². The normalized spacial score (nSPS) is 16.7. The quantitative estimate of drug-likeness (QED) is 0.808. The molecule has 1 aliphatic rings. The van der Waals surface area contributed by atoms with Crippen LogP contribution in [0.1, 0.15) is 43.7 Å². The molecule has 1 aromatic carbocycles. The topological polar surface area (TPSA) is 69.6 Å². The second-order valence-electron chi connectivity index (χ2n) is 5.90. The fourth-order valence-corrected chi connectivity index (χ4v) is 2.85. The summed E-state index contributed by atoms with van der Waals surface area (Å²) in [5, 5.41) is 11.7. The van der Waals surface area contributed by atoms with Crippen LogP contribution < -0.4 is 5.32 Å². The Kier molecular flexibility index (Phi) is 6.52. The first-order valence-corrected chi connectivity index (χ1v) is 8.06. The van der Waals surface area contributed by atoms with Gasteiger partial charge in [0.25, 0.3) is 0 Å². The highest BCUT2D eigenvalue weighted by Gasteiger charge is 2.22. The molecule has 0 spiro atoms. The van der Waals surface area contributed by atoms with Crippen LogP contribution in [0.15, 0.2) is 24.3 Å². The van der Waals surface area contributed by atoms with Gasteiger partial charge in [-0.25, -0.2) is 9.18 Å². The van der Waals surface area contributed by atoms with Crippen molar-refractivity contribution < 1.29 is 19.1 Å². The van der Waals surface area contributed by atoms with Crippen LogP contribution in [0.2, 0.25) is 0 Å². The Balaban J connectivity index is 1.82. The summed E-state index contributed by atoms with van der Waals surface area (Å²) < 4.78 is 13.2. The Morgan fingerprint density at radius 2 is 2.00 bits per heavy atom. The van der Waals surface area contributed by atoms with Gasteiger partial charge >= 0.3 is 5.97 Å². The van der Waals surface area contributed by atoms with Crippen molar-refractivity contribution in [3.05, 3.63) is 35.6 Å². The Hall–Kier alpha value is -1.95. The molecule has 2 rings (SSSR count). The van der Waals surface area contributed by atoms with Gasteiger partial charge in [-0.3, -0.25) is 4.79 Å². The Morgan fingerprint density at radius 1 is 1.26 bits per heavy atom. The average Bonchev–Trinajstić information content (AvgIpc) is 2.53. The van der Waals surface area contributed by atoms with Crippen LogP contribution in [0.25, 0.3) is 0 Å². The van der Waals surface area contributed by atoms with Crippen molar-refractivity contribution in [1.29, 1.82) is 0 Å². The SMILES string of the molecule is O=C(CCCN1CCCCC1)N[C@H](C(=O)O)c1cccc(F)c1. The highest BCUT2D eigenvalue weighted by molar-refractivity contribution is 5.84. The number of hydrogen-bond donors (Lipinski definition) is 2. The molecule has 0 radical (unpaired) electrons. The highest BCUT2D eigenvalue weighted by Crippen LogP contribution is 2.15. The molecule has 5 nitrogen and oxygen atoms in total. The first-order chi connectivity index (χ1) is 11.1. The number of carbonyl (C=O) groups is 2. The zero-order valence-electron chi connectivity index (χ0n) is 13.1. The Bertz CT molecular complexity index is 544. The van der Waals surface area contributed by atoms with E-state index in [1.807, 2.05) is 0 Å². The first kappa shape index (κ1) is 17.4. The lowest BCUT2D eigenvalue weighted by Gasteiger charge is -2.26. The molecule has 1 heterocycles. The maximum absolute atomic E-state index is 13.2. The summed E-state index contributed by atoms with van der Waals surface area (Å²) in [5.74, 6) is -2.04. The molecule has 6 heteroatoms. The van der Waals surface area contributed by atoms with E-state index in [0.29, 0.717) is 6.42 Å². The number of likely N-dealkylation sites (tertiary alicyclic amines) is 1. The van der Waals surface area contributed by atoms with E-state index < -0.39 is 17.8 Å². The third-order valence-corrected chi connectivity index (χ3v) is 4.06. The molecule has 23 heavy (non-hydrogen) atoms. The number of hydrogen-bond acceptors (Lipinski definition) is 3. The molecule has 0 bridgehead atoms. The third kappa shape index (κ3) is 5.63. The summed E-state index contributed by atoms with van der Waals surface area (Å²) in [4.78, 5) is 25.6. The lowest BCUT2D eigenvalue weighted by atomic mass is 10.1. The predicted octanol–water partition coefficient (Wildman–Crippen LogP) is 2.33. The number of rotatable bonds is 7. The minimum Gasteiger partial charge on any atom is -0.479 e. The molecule has 1 aliphatic heterocycles. The van der Waals surface area contributed by atoms with E-state index in [4.69, 9.17) is 0 Å². The Morgan fingerprint density at radius 3 is 2.65 bits per heavy atom. The van der Waals surface area contributed by atoms with E-state index in [-0.39, 0.29) is 17.9 Å². The molecule has 1 aromatic rings. The molecule has 0 unspecified atom stereocenters. The van der Waals surface area contributed by atoms with Gasteiger partial charge in [-0.05, 0) is 56.6 Å². The average molecular weight is 322 g/mol. The van der Waals surface area contributed by atoms with Crippen LogP contribution >= 0.6 is 0 Å². The van der Waals surface area contributed by atoms with E-state index >= 15 is 0 Å². The van der Waals surface area contributed by atoms with Gasteiger partial charge in [0, 0.05) is 6.42 Å². The summed E-state index contributed by atoms with van der Waals surface area (Å²) in [6.07, 6.45) is 4.64. The number of carbonyl (C=O) groups excluding carboxylic acids is 1. The minimum absolute atomic E-state index is 0.238. The second-order valence-corrected chi connectivity index (χ2v) is 5.90. The summed E-state index contributed by atoms with van der Waals surface area (Å²) in [6, 6.07) is 4.09. The summed E-state index contributed by atoms with van der Waals surface area (Å²) >= 11 is 0. The number of piperidine rings is 1. The summed E-state index contributed by atoms with van der Waals surface area (Å²) in [7, 11) is 0.